The topological polar surface area (TPSA) is 71.1 Å². The predicted octanol–water partition coefficient (Wildman–Crippen LogP) is 6.67. The van der Waals surface area contributed by atoms with Crippen LogP contribution in [0.2, 0.25) is 12.6 Å². The third-order valence-corrected chi connectivity index (χ3v) is 10.2. The Morgan fingerprint density at radius 2 is 1.29 bits per heavy atom. The lowest BCUT2D eigenvalue weighted by Gasteiger charge is -2.22. The highest BCUT2D eigenvalue weighted by Gasteiger charge is 2.27. The van der Waals surface area contributed by atoms with Gasteiger partial charge in [0.1, 0.15) is 0 Å². The highest BCUT2D eigenvalue weighted by Crippen LogP contribution is 2.18. The maximum absolute atomic E-state index is 12.1. The SMILES string of the molecule is C=C(C)C(=O)OCCCCCCCCCCCCOC(=O)C(C)CSCCC[Si](C)(OC)OC. The molecule has 1 unspecified atom stereocenters. The van der Waals surface area contributed by atoms with Gasteiger partial charge in [0.15, 0.2) is 0 Å². The first-order chi connectivity index (χ1) is 16.3. The van der Waals surface area contributed by atoms with E-state index >= 15 is 0 Å². The molecule has 0 N–H and O–H groups in total. The van der Waals surface area contributed by atoms with Crippen LogP contribution >= 0.6 is 11.8 Å². The maximum Gasteiger partial charge on any atom is 0.334 e. The second-order valence-electron chi connectivity index (χ2n) is 9.24. The number of thioether (sulfide) groups is 1. The second-order valence-corrected chi connectivity index (χ2v) is 14.0. The molecule has 0 heterocycles. The first-order valence-corrected chi connectivity index (χ1v) is 16.6. The van der Waals surface area contributed by atoms with Crippen LogP contribution in [0.5, 0.6) is 0 Å². The molecule has 8 heteroatoms. The van der Waals surface area contributed by atoms with Crippen molar-refractivity contribution in [1.82, 2.24) is 0 Å². The Hall–Kier alpha value is -0.833. The normalized spacial score (nSPS) is 12.4. The number of ether oxygens (including phenoxy) is 2. The van der Waals surface area contributed by atoms with Crippen LogP contribution < -0.4 is 0 Å². The van der Waals surface area contributed by atoms with Crippen molar-refractivity contribution in [2.75, 3.05) is 38.9 Å². The highest BCUT2D eigenvalue weighted by atomic mass is 32.2. The van der Waals surface area contributed by atoms with E-state index in [0.29, 0.717) is 18.8 Å². The van der Waals surface area contributed by atoms with Crippen LogP contribution in [-0.4, -0.2) is 59.4 Å². The molecule has 0 aromatic rings. The number of esters is 2. The van der Waals surface area contributed by atoms with Gasteiger partial charge in [0.25, 0.3) is 0 Å². The summed E-state index contributed by atoms with van der Waals surface area (Å²) in [6.07, 6.45) is 12.5. The van der Waals surface area contributed by atoms with E-state index in [4.69, 9.17) is 18.3 Å². The largest absolute Gasteiger partial charge is 0.465 e. The molecule has 0 aromatic carbocycles. The lowest BCUT2D eigenvalue weighted by molar-refractivity contribution is -0.147. The number of carbonyl (C=O) groups excluding carboxylic acids is 2. The molecule has 0 radical (unpaired) electrons. The first-order valence-electron chi connectivity index (χ1n) is 12.9. The lowest BCUT2D eigenvalue weighted by atomic mass is 10.1. The van der Waals surface area contributed by atoms with E-state index in [-0.39, 0.29) is 17.9 Å². The van der Waals surface area contributed by atoms with Gasteiger partial charge < -0.3 is 18.3 Å². The summed E-state index contributed by atoms with van der Waals surface area (Å²) < 4.78 is 21.5. The third kappa shape index (κ3) is 18.5. The zero-order valence-corrected chi connectivity index (χ0v) is 24.3. The predicted molar refractivity (Wildman–Crippen MR) is 144 cm³/mol. The van der Waals surface area contributed by atoms with Crippen LogP contribution in [0.4, 0.5) is 0 Å². The van der Waals surface area contributed by atoms with Crippen LogP contribution in [-0.2, 0) is 27.9 Å². The minimum absolute atomic E-state index is 0.0587. The summed E-state index contributed by atoms with van der Waals surface area (Å²) in [5.74, 6) is 1.39. The molecule has 6 nitrogen and oxygen atoms in total. The van der Waals surface area contributed by atoms with Gasteiger partial charge in [-0.25, -0.2) is 4.79 Å². The number of rotatable bonds is 23. The fourth-order valence-electron chi connectivity index (χ4n) is 3.33. The zero-order valence-electron chi connectivity index (χ0n) is 22.5. The quantitative estimate of drug-likeness (QED) is 0.0647. The van der Waals surface area contributed by atoms with Gasteiger partial charge in [-0.3, -0.25) is 4.79 Å². The molecular weight excluding hydrogens is 468 g/mol. The summed E-state index contributed by atoms with van der Waals surface area (Å²) in [5, 5.41) is 0. The molecule has 0 spiro atoms. The molecule has 200 valence electrons. The molecule has 0 bridgehead atoms. The summed E-state index contributed by atoms with van der Waals surface area (Å²) in [5.41, 5.74) is 0.462. The molecule has 34 heavy (non-hydrogen) atoms. The van der Waals surface area contributed by atoms with E-state index in [1.54, 1.807) is 32.9 Å². The summed E-state index contributed by atoms with van der Waals surface area (Å²) in [6.45, 7) is 10.3. The lowest BCUT2D eigenvalue weighted by Crippen LogP contribution is -2.35. The van der Waals surface area contributed by atoms with Crippen LogP contribution in [0, 0.1) is 5.92 Å². The van der Waals surface area contributed by atoms with Crippen molar-refractivity contribution in [1.29, 1.82) is 0 Å². The van der Waals surface area contributed by atoms with Gasteiger partial charge in [-0.05, 0) is 44.5 Å². The zero-order chi connectivity index (χ0) is 25.7. The van der Waals surface area contributed by atoms with Crippen molar-refractivity contribution >= 4 is 32.3 Å². The molecule has 0 rings (SSSR count). The van der Waals surface area contributed by atoms with Crippen molar-refractivity contribution in [2.24, 2.45) is 5.92 Å². The fraction of sp³-hybridized carbons (Fsp3) is 0.846. The average molecular weight is 519 g/mol. The Bertz CT molecular complexity index is 553. The minimum Gasteiger partial charge on any atom is -0.465 e. The van der Waals surface area contributed by atoms with E-state index in [1.165, 1.54) is 38.5 Å². The molecule has 0 aliphatic rings. The monoisotopic (exact) mass is 518 g/mol. The Morgan fingerprint density at radius 1 is 0.824 bits per heavy atom. The first kappa shape index (κ1) is 33.2. The van der Waals surface area contributed by atoms with Crippen LogP contribution in [0.15, 0.2) is 12.2 Å². The molecule has 0 amide bonds. The Morgan fingerprint density at radius 3 is 1.76 bits per heavy atom. The van der Waals surface area contributed by atoms with Crippen molar-refractivity contribution in [3.63, 3.8) is 0 Å². The van der Waals surface area contributed by atoms with Gasteiger partial charge in [-0.2, -0.15) is 11.8 Å². The van der Waals surface area contributed by atoms with E-state index in [1.807, 2.05) is 6.92 Å². The van der Waals surface area contributed by atoms with Gasteiger partial charge in [0, 0.05) is 25.5 Å². The number of hydrogen-bond acceptors (Lipinski definition) is 7. The van der Waals surface area contributed by atoms with Gasteiger partial charge in [-0.1, -0.05) is 64.9 Å². The van der Waals surface area contributed by atoms with E-state index in [0.717, 1.165) is 49.7 Å². The Balaban J connectivity index is 3.45. The Labute approximate surface area is 214 Å². The van der Waals surface area contributed by atoms with E-state index < -0.39 is 8.56 Å². The minimum atomic E-state index is -1.97. The molecule has 1 atom stereocenters. The van der Waals surface area contributed by atoms with Crippen molar-refractivity contribution in [3.8, 4) is 0 Å². The molecule has 0 saturated carbocycles. The van der Waals surface area contributed by atoms with Gasteiger partial charge in [-0.15, -0.1) is 0 Å². The summed E-state index contributed by atoms with van der Waals surface area (Å²) in [7, 11) is 1.48. The fourth-order valence-corrected chi connectivity index (χ4v) is 5.99. The molecule has 0 aromatic heterocycles. The number of hydrogen-bond donors (Lipinski definition) is 0. The van der Waals surface area contributed by atoms with Gasteiger partial charge in [0.05, 0.1) is 19.1 Å². The average Bonchev–Trinajstić information content (AvgIpc) is 2.83. The highest BCUT2D eigenvalue weighted by molar-refractivity contribution is 7.99. The standard InChI is InChI=1S/C26H50O6SSi/c1-23(2)25(27)31-18-15-13-11-9-7-8-10-12-14-16-19-32-26(28)24(3)22-33-20-17-21-34(6,29-4)30-5/h24H,1,7-22H2,2-6H3. The van der Waals surface area contributed by atoms with E-state index in [9.17, 15) is 9.59 Å². The second kappa shape index (κ2) is 21.4. The number of carbonyl (C=O) groups is 2. The van der Waals surface area contributed by atoms with E-state index in [2.05, 4.69) is 13.1 Å². The van der Waals surface area contributed by atoms with Crippen LogP contribution in [0.25, 0.3) is 0 Å². The Kier molecular flexibility index (Phi) is 20.9. The third-order valence-electron chi connectivity index (χ3n) is 5.92. The smallest absolute Gasteiger partial charge is 0.334 e. The van der Waals surface area contributed by atoms with Crippen molar-refractivity contribution < 1.29 is 27.9 Å². The van der Waals surface area contributed by atoms with Crippen molar-refractivity contribution in [2.45, 2.75) is 97.1 Å². The maximum atomic E-state index is 12.1. The molecule has 0 saturated heterocycles. The molecular formula is C26H50O6SSi. The number of unbranched alkanes of at least 4 members (excludes halogenated alkanes) is 9. The molecule has 0 fully saturated rings. The van der Waals surface area contributed by atoms with Crippen LogP contribution in [0.1, 0.15) is 84.5 Å². The summed E-state index contributed by atoms with van der Waals surface area (Å²) in [6, 6.07) is 0.973. The molecule has 0 aliphatic heterocycles. The summed E-state index contributed by atoms with van der Waals surface area (Å²) in [4.78, 5) is 23.4. The van der Waals surface area contributed by atoms with Gasteiger partial charge >= 0.3 is 20.5 Å². The summed E-state index contributed by atoms with van der Waals surface area (Å²) >= 11 is 1.80. The van der Waals surface area contributed by atoms with Crippen molar-refractivity contribution in [3.05, 3.63) is 12.2 Å². The van der Waals surface area contributed by atoms with Gasteiger partial charge in [0.2, 0.25) is 0 Å². The molecule has 0 aliphatic carbocycles. The van der Waals surface area contributed by atoms with Crippen LogP contribution in [0.3, 0.4) is 0 Å².